The first-order valence-electron chi connectivity index (χ1n) is 6.91. The maximum atomic E-state index is 11.9. The second kappa shape index (κ2) is 6.45. The van der Waals surface area contributed by atoms with Crippen molar-refractivity contribution in [2.24, 2.45) is 0 Å². The van der Waals surface area contributed by atoms with Crippen molar-refractivity contribution >= 4 is 44.2 Å². The summed E-state index contributed by atoms with van der Waals surface area (Å²) in [5, 5.41) is 3.25. The van der Waals surface area contributed by atoms with Crippen molar-refractivity contribution in [1.82, 2.24) is 10.4 Å². The van der Waals surface area contributed by atoms with E-state index in [1.807, 2.05) is 24.3 Å². The maximum Gasteiger partial charge on any atom is 0.337 e. The van der Waals surface area contributed by atoms with E-state index in [9.17, 15) is 9.59 Å². The molecule has 1 heterocycles. The summed E-state index contributed by atoms with van der Waals surface area (Å²) in [6.45, 7) is 1.48. The van der Waals surface area contributed by atoms with Crippen LogP contribution < -0.4 is 16.2 Å². The van der Waals surface area contributed by atoms with Crippen LogP contribution in [0.3, 0.4) is 0 Å². The van der Waals surface area contributed by atoms with Crippen LogP contribution in [0.5, 0.6) is 0 Å². The Kier molecular flexibility index (Phi) is 4.20. The number of Topliss-reactive ketones (excluding diaryl/α,β-unsaturated/α-hetero) is 1. The normalized spacial score (nSPS) is 10.3. The third-order valence-electron chi connectivity index (χ3n) is 3.10. The number of ketones is 1. The maximum absolute atomic E-state index is 11.9. The van der Waals surface area contributed by atoms with Crippen molar-refractivity contribution in [3.05, 3.63) is 54.1 Å². The van der Waals surface area contributed by atoms with Gasteiger partial charge in [-0.2, -0.15) is 0 Å². The Morgan fingerprint density at radius 3 is 2.70 bits per heavy atom. The first-order valence-corrected chi connectivity index (χ1v) is 7.73. The van der Waals surface area contributed by atoms with Crippen molar-refractivity contribution in [2.75, 3.05) is 10.7 Å². The molecule has 7 heteroatoms. The molecule has 6 nitrogen and oxygen atoms in total. The number of rotatable bonds is 4. The number of nitrogens with zero attached hydrogens (tertiary/aromatic N) is 1. The van der Waals surface area contributed by atoms with Crippen LogP contribution in [-0.2, 0) is 0 Å². The molecule has 3 rings (SSSR count). The van der Waals surface area contributed by atoms with Gasteiger partial charge in [0.15, 0.2) is 5.78 Å². The number of hydrazine groups is 1. The Balaban J connectivity index is 1.61. The number of carbonyl (C=O) groups is 2. The standard InChI is InChI=1S/C16H14N4O2S/c1-10(21)11-5-4-6-12(9-11)17-15(22)19-20-16-18-13-7-2-3-8-14(13)23-16/h2-9H,1H3,(H,18,20)(H2,17,19,22). The molecule has 3 aromatic rings. The number of hydrogen-bond acceptors (Lipinski definition) is 5. The smallest absolute Gasteiger partial charge is 0.307 e. The van der Waals surface area contributed by atoms with E-state index in [1.54, 1.807) is 24.3 Å². The topological polar surface area (TPSA) is 83.1 Å². The molecule has 23 heavy (non-hydrogen) atoms. The molecular formula is C16H14N4O2S. The van der Waals surface area contributed by atoms with Crippen molar-refractivity contribution in [3.63, 3.8) is 0 Å². The molecule has 116 valence electrons. The number of para-hydroxylation sites is 1. The van der Waals surface area contributed by atoms with Gasteiger partial charge >= 0.3 is 6.03 Å². The molecule has 2 aromatic carbocycles. The molecule has 0 saturated carbocycles. The minimum atomic E-state index is -0.440. The van der Waals surface area contributed by atoms with Crippen molar-refractivity contribution in [1.29, 1.82) is 0 Å². The number of nitrogens with one attached hydrogen (secondary N) is 3. The summed E-state index contributed by atoms with van der Waals surface area (Å²) in [4.78, 5) is 27.6. The molecule has 0 unspecified atom stereocenters. The summed E-state index contributed by atoms with van der Waals surface area (Å²) in [5.74, 6) is -0.0540. The number of urea groups is 1. The van der Waals surface area contributed by atoms with E-state index in [2.05, 4.69) is 21.2 Å². The van der Waals surface area contributed by atoms with Gasteiger partial charge in [0, 0.05) is 11.3 Å². The van der Waals surface area contributed by atoms with Crippen LogP contribution in [0.4, 0.5) is 15.6 Å². The average Bonchev–Trinajstić information content (AvgIpc) is 2.96. The lowest BCUT2D eigenvalue weighted by atomic mass is 10.1. The highest BCUT2D eigenvalue weighted by atomic mass is 32.1. The van der Waals surface area contributed by atoms with Crippen LogP contribution in [0.15, 0.2) is 48.5 Å². The molecule has 2 amide bonds. The predicted octanol–water partition coefficient (Wildman–Crippen LogP) is 3.65. The van der Waals surface area contributed by atoms with Crippen LogP contribution in [0, 0.1) is 0 Å². The molecule has 1 aromatic heterocycles. The molecule has 3 N–H and O–H groups in total. The number of aromatic nitrogens is 1. The van der Waals surface area contributed by atoms with Gasteiger partial charge in [0.2, 0.25) is 5.13 Å². The number of thiazole rings is 1. The van der Waals surface area contributed by atoms with E-state index in [1.165, 1.54) is 18.3 Å². The number of amides is 2. The van der Waals surface area contributed by atoms with Crippen molar-refractivity contribution in [2.45, 2.75) is 6.92 Å². The Morgan fingerprint density at radius 1 is 1.09 bits per heavy atom. The van der Waals surface area contributed by atoms with E-state index in [-0.39, 0.29) is 5.78 Å². The number of anilines is 2. The predicted molar refractivity (Wildman–Crippen MR) is 91.8 cm³/mol. The zero-order chi connectivity index (χ0) is 16.2. The molecule has 0 spiro atoms. The van der Waals surface area contributed by atoms with Crippen molar-refractivity contribution in [3.8, 4) is 0 Å². The van der Waals surface area contributed by atoms with Gasteiger partial charge in [-0.1, -0.05) is 35.6 Å². The van der Waals surface area contributed by atoms with Gasteiger partial charge in [0.05, 0.1) is 10.2 Å². The first kappa shape index (κ1) is 15.0. The second-order valence-corrected chi connectivity index (χ2v) is 5.86. The second-order valence-electron chi connectivity index (χ2n) is 4.83. The van der Waals surface area contributed by atoms with E-state index in [0.717, 1.165) is 10.2 Å². The summed E-state index contributed by atoms with van der Waals surface area (Å²) in [7, 11) is 0. The molecule has 0 radical (unpaired) electrons. The van der Waals surface area contributed by atoms with E-state index in [0.29, 0.717) is 16.4 Å². The Bertz CT molecular complexity index is 842. The van der Waals surface area contributed by atoms with Gasteiger partial charge in [-0.15, -0.1) is 0 Å². The van der Waals surface area contributed by atoms with Gasteiger partial charge in [-0.3, -0.25) is 10.2 Å². The van der Waals surface area contributed by atoms with Crippen LogP contribution >= 0.6 is 11.3 Å². The van der Waals surface area contributed by atoms with Gasteiger partial charge in [0.25, 0.3) is 0 Å². The quantitative estimate of drug-likeness (QED) is 0.505. The molecule has 0 aliphatic rings. The van der Waals surface area contributed by atoms with Crippen LogP contribution in [0.1, 0.15) is 17.3 Å². The fourth-order valence-corrected chi connectivity index (χ4v) is 2.83. The average molecular weight is 326 g/mol. The van der Waals surface area contributed by atoms with E-state index < -0.39 is 6.03 Å². The summed E-state index contributed by atoms with van der Waals surface area (Å²) in [5.41, 5.74) is 7.25. The molecule has 0 bridgehead atoms. The summed E-state index contributed by atoms with van der Waals surface area (Å²) < 4.78 is 1.03. The lowest BCUT2D eigenvalue weighted by Gasteiger charge is -2.08. The lowest BCUT2D eigenvalue weighted by Crippen LogP contribution is -2.33. The van der Waals surface area contributed by atoms with Gasteiger partial charge in [-0.05, 0) is 31.2 Å². The van der Waals surface area contributed by atoms with Crippen LogP contribution in [0.2, 0.25) is 0 Å². The molecular weight excluding hydrogens is 312 g/mol. The Labute approximate surface area is 136 Å². The fraction of sp³-hybridized carbons (Fsp3) is 0.0625. The molecule has 0 atom stereocenters. The summed E-state index contributed by atoms with van der Waals surface area (Å²) in [6.07, 6.45) is 0. The molecule has 0 aliphatic carbocycles. The van der Waals surface area contributed by atoms with Crippen LogP contribution in [0.25, 0.3) is 10.2 Å². The highest BCUT2D eigenvalue weighted by Crippen LogP contribution is 2.24. The largest absolute Gasteiger partial charge is 0.337 e. The van der Waals surface area contributed by atoms with E-state index >= 15 is 0 Å². The lowest BCUT2D eigenvalue weighted by molar-refractivity contribution is 0.101. The van der Waals surface area contributed by atoms with Crippen molar-refractivity contribution < 1.29 is 9.59 Å². The minimum absolute atomic E-state index is 0.0540. The number of fused-ring (bicyclic) bond motifs is 1. The van der Waals surface area contributed by atoms with E-state index in [4.69, 9.17) is 0 Å². The zero-order valence-electron chi connectivity index (χ0n) is 12.3. The van der Waals surface area contributed by atoms with Crippen LogP contribution in [-0.4, -0.2) is 16.8 Å². The fourth-order valence-electron chi connectivity index (χ4n) is 2.01. The minimum Gasteiger partial charge on any atom is -0.307 e. The zero-order valence-corrected chi connectivity index (χ0v) is 13.1. The van der Waals surface area contributed by atoms with Gasteiger partial charge in [0.1, 0.15) is 0 Å². The third kappa shape index (κ3) is 3.64. The summed E-state index contributed by atoms with van der Waals surface area (Å²) >= 11 is 1.44. The SMILES string of the molecule is CC(=O)c1cccc(NC(=O)NNc2nc3ccccc3s2)c1. The van der Waals surface area contributed by atoms with Gasteiger partial charge in [-0.25, -0.2) is 15.2 Å². The Hall–Kier alpha value is -2.93. The highest BCUT2D eigenvalue weighted by molar-refractivity contribution is 7.22. The summed E-state index contributed by atoms with van der Waals surface area (Å²) in [6, 6.07) is 14.0. The molecule has 0 fully saturated rings. The third-order valence-corrected chi connectivity index (χ3v) is 4.06. The Morgan fingerprint density at radius 2 is 1.91 bits per heavy atom. The molecule has 0 aliphatic heterocycles. The number of hydrogen-bond donors (Lipinski definition) is 3. The molecule has 0 saturated heterocycles. The number of carbonyl (C=O) groups excluding carboxylic acids is 2. The monoisotopic (exact) mass is 326 g/mol. The van der Waals surface area contributed by atoms with Gasteiger partial charge < -0.3 is 5.32 Å². The number of benzene rings is 2. The first-order chi connectivity index (χ1) is 11.1. The highest BCUT2D eigenvalue weighted by Gasteiger charge is 2.06.